The maximum absolute atomic E-state index is 12.4. The summed E-state index contributed by atoms with van der Waals surface area (Å²) < 4.78 is 27.4. The molecule has 1 fully saturated rings. The van der Waals surface area contributed by atoms with E-state index in [0.29, 0.717) is 12.5 Å². The van der Waals surface area contributed by atoms with Crippen molar-refractivity contribution < 1.29 is 8.42 Å². The summed E-state index contributed by atoms with van der Waals surface area (Å²) in [5.41, 5.74) is 2.32. The van der Waals surface area contributed by atoms with Crippen LogP contribution in [-0.4, -0.2) is 59.0 Å². The van der Waals surface area contributed by atoms with Gasteiger partial charge in [-0.2, -0.15) is 0 Å². The van der Waals surface area contributed by atoms with Gasteiger partial charge >= 0.3 is 0 Å². The van der Waals surface area contributed by atoms with Crippen LogP contribution in [0.4, 0.5) is 0 Å². The fourth-order valence-corrected chi connectivity index (χ4v) is 4.80. The van der Waals surface area contributed by atoms with Gasteiger partial charge < -0.3 is 10.6 Å². The average Bonchev–Trinajstić information content (AvgIpc) is 3.31. The summed E-state index contributed by atoms with van der Waals surface area (Å²) in [5.74, 6) is 0.662. The Kier molecular flexibility index (Phi) is 8.45. The number of nitrogens with zero attached hydrogens (tertiary/aromatic N) is 2. The van der Waals surface area contributed by atoms with Gasteiger partial charge in [0.2, 0.25) is 10.0 Å². The number of aryl methyl sites for hydroxylation is 1. The van der Waals surface area contributed by atoms with E-state index in [1.807, 2.05) is 13.0 Å². The van der Waals surface area contributed by atoms with Crippen LogP contribution in [0.2, 0.25) is 0 Å². The quantitative estimate of drug-likeness (QED) is 0.315. The highest BCUT2D eigenvalue weighted by atomic mass is 32.2. The van der Waals surface area contributed by atoms with E-state index in [0.717, 1.165) is 25.2 Å². The van der Waals surface area contributed by atoms with Crippen molar-refractivity contribution in [2.45, 2.75) is 30.7 Å². The molecule has 1 heterocycles. The number of hydrogen-bond donors (Lipinski definition) is 3. The maximum atomic E-state index is 12.4. The molecular weight excluding hydrogens is 410 g/mol. The van der Waals surface area contributed by atoms with Gasteiger partial charge in [0.15, 0.2) is 5.96 Å². The summed E-state index contributed by atoms with van der Waals surface area (Å²) in [5, 5.41) is 6.59. The lowest BCUT2D eigenvalue weighted by molar-refractivity contribution is 0.245. The van der Waals surface area contributed by atoms with Gasteiger partial charge in [-0.15, -0.1) is 0 Å². The van der Waals surface area contributed by atoms with Crippen LogP contribution in [0.15, 0.2) is 64.5 Å². The third-order valence-electron chi connectivity index (χ3n) is 5.49. The summed E-state index contributed by atoms with van der Waals surface area (Å²) in [4.78, 5) is 7.06. The Hall–Kier alpha value is -2.42. The van der Waals surface area contributed by atoms with Crippen LogP contribution in [0.5, 0.6) is 0 Å². The van der Waals surface area contributed by atoms with Gasteiger partial charge in [0.05, 0.1) is 10.9 Å². The Labute approximate surface area is 186 Å². The standard InChI is InChI=1S/C23H33N5O2S/c1-19-10-12-21(13-11-19)31(29,30)27-15-14-25-23(24-2)26-18-22(28-16-6-7-17-28)20-8-4-3-5-9-20/h3-5,8-13,22,27H,6-7,14-18H2,1-2H3,(H2,24,25,26). The van der Waals surface area contributed by atoms with Crippen LogP contribution in [0, 0.1) is 6.92 Å². The van der Waals surface area contributed by atoms with Gasteiger partial charge in [-0.3, -0.25) is 9.89 Å². The van der Waals surface area contributed by atoms with Gasteiger partial charge in [0, 0.05) is 26.7 Å². The zero-order valence-corrected chi connectivity index (χ0v) is 19.2. The highest BCUT2D eigenvalue weighted by Crippen LogP contribution is 2.24. The van der Waals surface area contributed by atoms with Crippen LogP contribution < -0.4 is 15.4 Å². The number of guanidine groups is 1. The molecule has 0 radical (unpaired) electrons. The van der Waals surface area contributed by atoms with E-state index in [-0.39, 0.29) is 17.5 Å². The molecule has 1 aliphatic rings. The number of sulfonamides is 1. The zero-order chi connectivity index (χ0) is 22.1. The molecule has 3 rings (SSSR count). The molecule has 168 valence electrons. The van der Waals surface area contributed by atoms with Crippen molar-refractivity contribution in [2.75, 3.05) is 39.8 Å². The van der Waals surface area contributed by atoms with Crippen LogP contribution in [0.1, 0.15) is 30.0 Å². The van der Waals surface area contributed by atoms with Crippen molar-refractivity contribution in [3.8, 4) is 0 Å². The summed E-state index contributed by atoms with van der Waals surface area (Å²) in [6.07, 6.45) is 2.47. The van der Waals surface area contributed by atoms with Crippen molar-refractivity contribution in [2.24, 2.45) is 4.99 Å². The van der Waals surface area contributed by atoms with Crippen molar-refractivity contribution >= 4 is 16.0 Å². The molecule has 0 amide bonds. The fourth-order valence-electron chi connectivity index (χ4n) is 3.77. The third kappa shape index (κ3) is 6.78. The molecule has 31 heavy (non-hydrogen) atoms. The predicted octanol–water partition coefficient (Wildman–Crippen LogP) is 2.28. The zero-order valence-electron chi connectivity index (χ0n) is 18.3. The molecule has 2 aromatic rings. The molecule has 1 aliphatic heterocycles. The van der Waals surface area contributed by atoms with Gasteiger partial charge in [-0.05, 0) is 50.6 Å². The predicted molar refractivity (Wildman–Crippen MR) is 126 cm³/mol. The van der Waals surface area contributed by atoms with Gasteiger partial charge in [0.25, 0.3) is 0 Å². The molecule has 3 N–H and O–H groups in total. The first-order chi connectivity index (χ1) is 15.0. The number of nitrogens with one attached hydrogen (secondary N) is 3. The second-order valence-electron chi connectivity index (χ2n) is 7.76. The molecule has 0 saturated carbocycles. The molecule has 2 aromatic carbocycles. The smallest absolute Gasteiger partial charge is 0.240 e. The topological polar surface area (TPSA) is 85.8 Å². The van der Waals surface area contributed by atoms with Crippen molar-refractivity contribution in [3.05, 3.63) is 65.7 Å². The number of benzene rings is 2. The molecule has 1 atom stereocenters. The minimum atomic E-state index is -3.51. The van der Waals surface area contributed by atoms with Crippen LogP contribution in [-0.2, 0) is 10.0 Å². The molecule has 8 heteroatoms. The van der Waals surface area contributed by atoms with E-state index in [2.05, 4.69) is 49.5 Å². The Morgan fingerprint density at radius 3 is 2.32 bits per heavy atom. The minimum absolute atomic E-state index is 0.269. The van der Waals surface area contributed by atoms with E-state index < -0.39 is 10.0 Å². The van der Waals surface area contributed by atoms with Crippen LogP contribution in [0.25, 0.3) is 0 Å². The first-order valence-corrected chi connectivity index (χ1v) is 12.3. The second kappa shape index (κ2) is 11.3. The minimum Gasteiger partial charge on any atom is -0.355 e. The van der Waals surface area contributed by atoms with E-state index in [9.17, 15) is 8.42 Å². The maximum Gasteiger partial charge on any atom is 0.240 e. The SMILES string of the molecule is CN=C(NCCNS(=O)(=O)c1ccc(C)cc1)NCC(c1ccccc1)N1CCCC1. The molecule has 0 bridgehead atoms. The first kappa shape index (κ1) is 23.2. The Bertz CT molecular complexity index is 940. The van der Waals surface area contributed by atoms with E-state index in [1.54, 1.807) is 31.3 Å². The first-order valence-electron chi connectivity index (χ1n) is 10.8. The van der Waals surface area contributed by atoms with Gasteiger partial charge in [-0.1, -0.05) is 48.0 Å². The summed E-state index contributed by atoms with van der Waals surface area (Å²) in [7, 11) is -1.79. The number of hydrogen-bond acceptors (Lipinski definition) is 4. The van der Waals surface area contributed by atoms with Gasteiger partial charge in [0.1, 0.15) is 0 Å². The fraction of sp³-hybridized carbons (Fsp3) is 0.435. The Morgan fingerprint density at radius 2 is 1.68 bits per heavy atom. The van der Waals surface area contributed by atoms with Crippen LogP contribution >= 0.6 is 0 Å². The molecule has 0 spiro atoms. The normalized spacial score (nSPS) is 16.3. The monoisotopic (exact) mass is 443 g/mol. The molecule has 7 nitrogen and oxygen atoms in total. The average molecular weight is 444 g/mol. The Balaban J connectivity index is 1.49. The lowest BCUT2D eigenvalue weighted by Gasteiger charge is -2.29. The molecule has 0 aromatic heterocycles. The van der Waals surface area contributed by atoms with Crippen molar-refractivity contribution in [1.82, 2.24) is 20.3 Å². The van der Waals surface area contributed by atoms with Gasteiger partial charge in [-0.25, -0.2) is 13.1 Å². The van der Waals surface area contributed by atoms with Crippen molar-refractivity contribution in [1.29, 1.82) is 0 Å². The Morgan fingerprint density at radius 1 is 1.00 bits per heavy atom. The molecule has 1 unspecified atom stereocenters. The van der Waals surface area contributed by atoms with Crippen molar-refractivity contribution in [3.63, 3.8) is 0 Å². The van der Waals surface area contributed by atoms with E-state index in [1.165, 1.54) is 18.4 Å². The highest BCUT2D eigenvalue weighted by Gasteiger charge is 2.23. The summed E-state index contributed by atoms with van der Waals surface area (Å²) in [6, 6.07) is 17.6. The number of rotatable bonds is 9. The lowest BCUT2D eigenvalue weighted by atomic mass is 10.1. The number of aliphatic imine (C=N–C) groups is 1. The number of likely N-dealkylation sites (tertiary alicyclic amines) is 1. The van der Waals surface area contributed by atoms with E-state index >= 15 is 0 Å². The van der Waals surface area contributed by atoms with E-state index in [4.69, 9.17) is 0 Å². The molecule has 0 aliphatic carbocycles. The summed E-state index contributed by atoms with van der Waals surface area (Å²) in [6.45, 7) is 5.58. The molecule has 1 saturated heterocycles. The van der Waals surface area contributed by atoms with Crippen LogP contribution in [0.3, 0.4) is 0 Å². The summed E-state index contributed by atoms with van der Waals surface area (Å²) >= 11 is 0. The molecular formula is C23H33N5O2S. The highest BCUT2D eigenvalue weighted by molar-refractivity contribution is 7.89. The third-order valence-corrected chi connectivity index (χ3v) is 6.97. The largest absolute Gasteiger partial charge is 0.355 e. The lowest BCUT2D eigenvalue weighted by Crippen LogP contribution is -2.44. The second-order valence-corrected chi connectivity index (χ2v) is 9.53.